The molecule has 1 saturated heterocycles. The Labute approximate surface area is 142 Å². The van der Waals surface area contributed by atoms with Crippen LogP contribution in [-0.2, 0) is 9.47 Å². The molecule has 132 valence electrons. The van der Waals surface area contributed by atoms with E-state index >= 15 is 0 Å². The maximum Gasteiger partial charge on any atom is 0.0900 e. The number of aliphatic hydroxyl groups is 1. The Morgan fingerprint density at radius 1 is 1.14 bits per heavy atom. The molecule has 0 amide bonds. The van der Waals surface area contributed by atoms with Crippen molar-refractivity contribution in [2.45, 2.75) is 58.7 Å². The Balaban J connectivity index is 0.00000242. The molecule has 2 aliphatic rings. The molecule has 2 rings (SSSR count). The topological polar surface area (TPSA) is 41.9 Å². The molecule has 1 aliphatic carbocycles. The molecule has 1 aliphatic heterocycles. The van der Waals surface area contributed by atoms with E-state index in [2.05, 4.69) is 25.7 Å². The number of hydrogen-bond acceptors (Lipinski definition) is 4. The Bertz CT molecular complexity index is 295. The van der Waals surface area contributed by atoms with Crippen LogP contribution in [0.15, 0.2) is 0 Å². The number of rotatable bonds is 5. The van der Waals surface area contributed by atoms with Crippen LogP contribution in [0.25, 0.3) is 0 Å². The summed E-state index contributed by atoms with van der Waals surface area (Å²) in [6, 6.07) is 0. The molecule has 0 aromatic carbocycles. The van der Waals surface area contributed by atoms with Crippen LogP contribution in [-0.4, -0.2) is 61.7 Å². The van der Waals surface area contributed by atoms with E-state index in [4.69, 9.17) is 9.47 Å². The number of nitrogens with zero attached hydrogens (tertiary/aromatic N) is 1. The van der Waals surface area contributed by atoms with Gasteiger partial charge < -0.3 is 14.6 Å². The second-order valence-electron chi connectivity index (χ2n) is 7.74. The van der Waals surface area contributed by atoms with Gasteiger partial charge in [-0.15, -0.1) is 12.4 Å². The SMILES string of the molecule is CC(C)(C)C1CCC(OCC(O)CN2CCOCC2)CC1.Cl. The van der Waals surface area contributed by atoms with E-state index < -0.39 is 0 Å². The molecule has 1 unspecified atom stereocenters. The molecule has 0 bridgehead atoms. The molecular weight excluding hydrogens is 302 g/mol. The lowest BCUT2D eigenvalue weighted by molar-refractivity contribution is -0.0528. The summed E-state index contributed by atoms with van der Waals surface area (Å²) < 4.78 is 11.3. The molecule has 1 saturated carbocycles. The smallest absolute Gasteiger partial charge is 0.0900 e. The molecule has 4 nitrogen and oxygen atoms in total. The molecule has 0 radical (unpaired) electrons. The van der Waals surface area contributed by atoms with E-state index in [9.17, 15) is 5.11 Å². The van der Waals surface area contributed by atoms with Crippen molar-refractivity contribution in [3.63, 3.8) is 0 Å². The van der Waals surface area contributed by atoms with Crippen molar-refractivity contribution in [3.05, 3.63) is 0 Å². The first kappa shape index (κ1) is 20.2. The summed E-state index contributed by atoms with van der Waals surface area (Å²) in [4.78, 5) is 2.26. The van der Waals surface area contributed by atoms with Gasteiger partial charge in [0.2, 0.25) is 0 Å². The molecule has 0 aromatic rings. The molecule has 0 spiro atoms. The molecule has 22 heavy (non-hydrogen) atoms. The predicted octanol–water partition coefficient (Wildman–Crippen LogP) is 2.72. The monoisotopic (exact) mass is 335 g/mol. The van der Waals surface area contributed by atoms with Crippen LogP contribution in [0.3, 0.4) is 0 Å². The fourth-order valence-corrected chi connectivity index (χ4v) is 3.48. The molecule has 1 N–H and O–H groups in total. The summed E-state index contributed by atoms with van der Waals surface area (Å²) in [6.45, 7) is 11.6. The second-order valence-corrected chi connectivity index (χ2v) is 7.74. The van der Waals surface area contributed by atoms with Crippen molar-refractivity contribution < 1.29 is 14.6 Å². The van der Waals surface area contributed by atoms with E-state index in [0.29, 0.717) is 24.7 Å². The number of aliphatic hydroxyl groups excluding tert-OH is 1. The third kappa shape index (κ3) is 6.71. The lowest BCUT2D eigenvalue weighted by Crippen LogP contribution is -2.42. The Kier molecular flexibility index (Phi) is 8.65. The van der Waals surface area contributed by atoms with Gasteiger partial charge in [-0.1, -0.05) is 20.8 Å². The third-order valence-electron chi connectivity index (χ3n) is 5.00. The van der Waals surface area contributed by atoms with Gasteiger partial charge in [-0.05, 0) is 37.0 Å². The minimum absolute atomic E-state index is 0. The molecule has 2 fully saturated rings. The number of hydrogen-bond donors (Lipinski definition) is 1. The van der Waals surface area contributed by atoms with Gasteiger partial charge >= 0.3 is 0 Å². The number of halogens is 1. The Morgan fingerprint density at radius 2 is 1.73 bits per heavy atom. The highest BCUT2D eigenvalue weighted by Gasteiger charge is 2.30. The zero-order chi connectivity index (χ0) is 15.3. The van der Waals surface area contributed by atoms with Crippen LogP contribution in [0.5, 0.6) is 0 Å². The molecule has 5 heteroatoms. The summed E-state index contributed by atoms with van der Waals surface area (Å²) in [5.74, 6) is 0.815. The van der Waals surface area contributed by atoms with Crippen LogP contribution in [0.4, 0.5) is 0 Å². The minimum Gasteiger partial charge on any atom is -0.389 e. The fraction of sp³-hybridized carbons (Fsp3) is 1.00. The summed E-state index contributed by atoms with van der Waals surface area (Å²) in [5, 5.41) is 10.1. The van der Waals surface area contributed by atoms with Crippen molar-refractivity contribution >= 4 is 12.4 Å². The van der Waals surface area contributed by atoms with Crippen molar-refractivity contribution in [3.8, 4) is 0 Å². The van der Waals surface area contributed by atoms with Crippen molar-refractivity contribution in [2.75, 3.05) is 39.5 Å². The standard InChI is InChI=1S/C17H33NO3.ClH/c1-17(2,3)14-4-6-16(7-5-14)21-13-15(19)12-18-8-10-20-11-9-18;/h14-16,19H,4-13H2,1-3H3;1H. The van der Waals surface area contributed by atoms with Crippen molar-refractivity contribution in [1.29, 1.82) is 0 Å². The van der Waals surface area contributed by atoms with Crippen LogP contribution in [0.2, 0.25) is 0 Å². The Morgan fingerprint density at radius 3 is 2.27 bits per heavy atom. The molecular formula is C17H34ClNO3. The first-order valence-electron chi connectivity index (χ1n) is 8.55. The van der Waals surface area contributed by atoms with E-state index in [1.54, 1.807) is 0 Å². The largest absolute Gasteiger partial charge is 0.389 e. The third-order valence-corrected chi connectivity index (χ3v) is 5.00. The van der Waals surface area contributed by atoms with Gasteiger partial charge in [-0.3, -0.25) is 4.90 Å². The highest BCUT2D eigenvalue weighted by Crippen LogP contribution is 2.38. The van der Waals surface area contributed by atoms with E-state index in [1.165, 1.54) is 12.8 Å². The molecule has 0 aromatic heterocycles. The van der Waals surface area contributed by atoms with E-state index in [-0.39, 0.29) is 18.5 Å². The van der Waals surface area contributed by atoms with E-state index in [1.807, 2.05) is 0 Å². The maximum atomic E-state index is 10.1. The zero-order valence-corrected chi connectivity index (χ0v) is 15.2. The summed E-state index contributed by atoms with van der Waals surface area (Å²) in [6.07, 6.45) is 4.78. The molecule has 1 atom stereocenters. The van der Waals surface area contributed by atoms with Crippen LogP contribution in [0, 0.1) is 11.3 Å². The van der Waals surface area contributed by atoms with Gasteiger partial charge in [-0.25, -0.2) is 0 Å². The van der Waals surface area contributed by atoms with Crippen LogP contribution >= 0.6 is 12.4 Å². The number of β-amino-alcohol motifs (C(OH)–C–C–N with tert-alkyl or cyclic N) is 1. The van der Waals surface area contributed by atoms with Gasteiger partial charge in [0.15, 0.2) is 0 Å². The van der Waals surface area contributed by atoms with Gasteiger partial charge in [0.05, 0.1) is 32.0 Å². The molecule has 1 heterocycles. The van der Waals surface area contributed by atoms with Crippen molar-refractivity contribution in [2.24, 2.45) is 11.3 Å². The first-order chi connectivity index (χ1) is 9.95. The van der Waals surface area contributed by atoms with Gasteiger partial charge in [0, 0.05) is 19.6 Å². The summed E-state index contributed by atoms with van der Waals surface area (Å²) in [7, 11) is 0. The normalized spacial score (nSPS) is 28.9. The lowest BCUT2D eigenvalue weighted by Gasteiger charge is -2.37. The average molecular weight is 336 g/mol. The average Bonchev–Trinajstić information content (AvgIpc) is 2.46. The lowest BCUT2D eigenvalue weighted by atomic mass is 9.72. The Hall–Kier alpha value is 0.130. The quantitative estimate of drug-likeness (QED) is 0.838. The number of ether oxygens (including phenoxy) is 2. The maximum absolute atomic E-state index is 10.1. The van der Waals surface area contributed by atoms with E-state index in [0.717, 1.165) is 45.1 Å². The number of morpholine rings is 1. The van der Waals surface area contributed by atoms with Gasteiger partial charge in [0.25, 0.3) is 0 Å². The predicted molar refractivity (Wildman–Crippen MR) is 91.7 cm³/mol. The van der Waals surface area contributed by atoms with Crippen molar-refractivity contribution in [1.82, 2.24) is 4.90 Å². The summed E-state index contributed by atoms with van der Waals surface area (Å²) in [5.41, 5.74) is 0.417. The van der Waals surface area contributed by atoms with Gasteiger partial charge in [-0.2, -0.15) is 0 Å². The van der Waals surface area contributed by atoms with Crippen LogP contribution < -0.4 is 0 Å². The van der Waals surface area contributed by atoms with Crippen LogP contribution in [0.1, 0.15) is 46.5 Å². The minimum atomic E-state index is -0.372. The zero-order valence-electron chi connectivity index (χ0n) is 14.4. The second kappa shape index (κ2) is 9.43. The highest BCUT2D eigenvalue weighted by atomic mass is 35.5. The summed E-state index contributed by atoms with van der Waals surface area (Å²) >= 11 is 0. The highest BCUT2D eigenvalue weighted by molar-refractivity contribution is 5.85. The fourth-order valence-electron chi connectivity index (χ4n) is 3.48. The van der Waals surface area contributed by atoms with Gasteiger partial charge in [0.1, 0.15) is 0 Å². The first-order valence-corrected chi connectivity index (χ1v) is 8.55.